The van der Waals surface area contributed by atoms with E-state index in [1.807, 2.05) is 12.1 Å². The SMILES string of the molecule is CC1(C)c2ccccc2C2(c3ccccc3Oc3c2ccc2ccccc32)c2cccc(-c3ccc(N(c4ccc(-c5ccccc5)cc4)c4ccc5c(c4)oc4ccccc45)cc3)c21. The molecule has 3 nitrogen and oxygen atoms in total. The number of ether oxygens (including phenoxy) is 1. The Labute approximate surface area is 378 Å². The number of fused-ring (bicyclic) bond motifs is 13. The van der Waals surface area contributed by atoms with Crippen molar-refractivity contribution in [3.63, 3.8) is 0 Å². The largest absolute Gasteiger partial charge is 0.456 e. The summed E-state index contributed by atoms with van der Waals surface area (Å²) in [6.07, 6.45) is 0. The van der Waals surface area contributed by atoms with Gasteiger partial charge in [0.25, 0.3) is 0 Å². The lowest BCUT2D eigenvalue weighted by Crippen LogP contribution is -2.43. The minimum Gasteiger partial charge on any atom is -0.456 e. The molecule has 1 aromatic heterocycles. The quantitative estimate of drug-likeness (QED) is 0.173. The van der Waals surface area contributed by atoms with Crippen molar-refractivity contribution in [1.29, 1.82) is 0 Å². The monoisotopic (exact) mass is 833 g/mol. The predicted molar refractivity (Wildman–Crippen MR) is 267 cm³/mol. The first-order valence-corrected chi connectivity index (χ1v) is 22.5. The van der Waals surface area contributed by atoms with Crippen molar-refractivity contribution >= 4 is 49.8 Å². The highest BCUT2D eigenvalue weighted by atomic mass is 16.5. The molecule has 0 amide bonds. The van der Waals surface area contributed by atoms with E-state index in [0.717, 1.165) is 66.8 Å². The van der Waals surface area contributed by atoms with E-state index < -0.39 is 5.41 Å². The molecule has 0 fully saturated rings. The maximum atomic E-state index is 6.98. The van der Waals surface area contributed by atoms with Crippen molar-refractivity contribution in [3.8, 4) is 33.8 Å². The van der Waals surface area contributed by atoms with Crippen molar-refractivity contribution in [3.05, 3.63) is 258 Å². The van der Waals surface area contributed by atoms with Crippen LogP contribution in [0.25, 0.3) is 55.0 Å². The van der Waals surface area contributed by atoms with Crippen LogP contribution in [0.3, 0.4) is 0 Å². The minimum absolute atomic E-state index is 0.328. The number of benzene rings is 10. The number of furan rings is 1. The van der Waals surface area contributed by atoms with Gasteiger partial charge in [-0.15, -0.1) is 0 Å². The Bertz CT molecular complexity index is 3660. The van der Waals surface area contributed by atoms with E-state index in [0.29, 0.717) is 0 Å². The third-order valence-electron chi connectivity index (χ3n) is 14.2. The molecule has 308 valence electrons. The van der Waals surface area contributed by atoms with Crippen LogP contribution in [0.5, 0.6) is 11.5 Å². The molecule has 1 aliphatic heterocycles. The standard InChI is InChI=1S/C62H43NO2/c1-61(2)51-21-9-10-22-52(51)62(53-23-11-13-26-57(53)65-60-48-18-7-6-17-42(48)31-38-55(60)62)54-24-14-20-47(59(54)61)43-29-34-45(35-30-43)63(44-32-27-41(28-33-44)40-15-4-3-5-16-40)46-36-37-50-49-19-8-12-25-56(49)64-58(50)39-46/h3-39H,1-2H3. The number of rotatable bonds is 5. The molecule has 0 saturated heterocycles. The molecule has 2 aliphatic rings. The Hall–Kier alpha value is -8.14. The topological polar surface area (TPSA) is 25.6 Å². The summed E-state index contributed by atoms with van der Waals surface area (Å²) in [7, 11) is 0. The zero-order valence-electron chi connectivity index (χ0n) is 36.1. The van der Waals surface area contributed by atoms with Crippen LogP contribution in [-0.2, 0) is 10.8 Å². The molecule has 0 saturated carbocycles. The van der Waals surface area contributed by atoms with Gasteiger partial charge in [0.1, 0.15) is 22.7 Å². The second-order valence-electron chi connectivity index (χ2n) is 18.0. The molecular formula is C62H43NO2. The van der Waals surface area contributed by atoms with E-state index >= 15 is 0 Å². The summed E-state index contributed by atoms with van der Waals surface area (Å²) in [5.41, 5.74) is 16.3. The molecule has 13 rings (SSSR count). The van der Waals surface area contributed by atoms with Crippen molar-refractivity contribution in [2.45, 2.75) is 24.7 Å². The molecule has 3 heteroatoms. The van der Waals surface area contributed by atoms with Gasteiger partial charge in [-0.3, -0.25) is 0 Å². The van der Waals surface area contributed by atoms with E-state index in [1.165, 1.54) is 50.1 Å². The summed E-state index contributed by atoms with van der Waals surface area (Å²) in [5.74, 6) is 1.82. The average Bonchev–Trinajstić information content (AvgIpc) is 3.74. The fourth-order valence-electron chi connectivity index (χ4n) is 11.3. The first-order valence-electron chi connectivity index (χ1n) is 22.5. The maximum Gasteiger partial charge on any atom is 0.140 e. The molecule has 2 heterocycles. The fourth-order valence-corrected chi connectivity index (χ4v) is 11.3. The third-order valence-corrected chi connectivity index (χ3v) is 14.2. The van der Waals surface area contributed by atoms with Gasteiger partial charge in [0, 0.05) is 55.8 Å². The molecule has 11 aromatic rings. The van der Waals surface area contributed by atoms with Crippen LogP contribution in [0.4, 0.5) is 17.1 Å². The lowest BCUT2D eigenvalue weighted by atomic mass is 9.52. The van der Waals surface area contributed by atoms with Gasteiger partial charge in [0.05, 0.1) is 5.41 Å². The number of hydrogen-bond donors (Lipinski definition) is 0. The molecule has 1 atom stereocenters. The normalized spacial score (nSPS) is 15.5. The average molecular weight is 834 g/mol. The Kier molecular flexibility index (Phi) is 8.17. The number of nitrogens with zero attached hydrogens (tertiary/aromatic N) is 1. The van der Waals surface area contributed by atoms with Gasteiger partial charge in [-0.1, -0.05) is 184 Å². The van der Waals surface area contributed by atoms with E-state index in [2.05, 4.69) is 231 Å². The summed E-state index contributed by atoms with van der Waals surface area (Å²) < 4.78 is 13.4. The van der Waals surface area contributed by atoms with Gasteiger partial charge >= 0.3 is 0 Å². The Balaban J connectivity index is 0.997. The predicted octanol–water partition coefficient (Wildman–Crippen LogP) is 16.7. The van der Waals surface area contributed by atoms with Gasteiger partial charge in [0.2, 0.25) is 0 Å². The number of anilines is 3. The summed E-state index contributed by atoms with van der Waals surface area (Å²) >= 11 is 0. The van der Waals surface area contributed by atoms with E-state index in [4.69, 9.17) is 9.15 Å². The van der Waals surface area contributed by atoms with Gasteiger partial charge in [0.15, 0.2) is 0 Å². The smallest absolute Gasteiger partial charge is 0.140 e. The zero-order valence-corrected chi connectivity index (χ0v) is 36.1. The molecule has 10 aromatic carbocycles. The van der Waals surface area contributed by atoms with Crippen molar-refractivity contribution in [1.82, 2.24) is 0 Å². The number of hydrogen-bond acceptors (Lipinski definition) is 3. The van der Waals surface area contributed by atoms with Crippen LogP contribution in [-0.4, -0.2) is 0 Å². The zero-order chi connectivity index (χ0) is 43.3. The third kappa shape index (κ3) is 5.49. The van der Waals surface area contributed by atoms with E-state index in [9.17, 15) is 0 Å². The van der Waals surface area contributed by atoms with Crippen molar-refractivity contribution < 1.29 is 9.15 Å². The van der Waals surface area contributed by atoms with Gasteiger partial charge in [-0.05, 0) is 98.4 Å². The van der Waals surface area contributed by atoms with E-state index in [1.54, 1.807) is 0 Å². The van der Waals surface area contributed by atoms with Crippen molar-refractivity contribution in [2.75, 3.05) is 4.90 Å². The van der Waals surface area contributed by atoms with Gasteiger partial charge < -0.3 is 14.1 Å². The van der Waals surface area contributed by atoms with Crippen LogP contribution in [0.2, 0.25) is 0 Å². The van der Waals surface area contributed by atoms with Gasteiger partial charge in [-0.2, -0.15) is 0 Å². The van der Waals surface area contributed by atoms with Crippen LogP contribution in [0, 0.1) is 0 Å². The second-order valence-corrected chi connectivity index (χ2v) is 18.0. The lowest BCUT2D eigenvalue weighted by Gasteiger charge is -2.50. The fraction of sp³-hybridized carbons (Fsp3) is 0.0645. The lowest BCUT2D eigenvalue weighted by molar-refractivity contribution is 0.430. The molecule has 65 heavy (non-hydrogen) atoms. The molecule has 1 unspecified atom stereocenters. The molecule has 0 bridgehead atoms. The first-order chi connectivity index (χ1) is 32.0. The second kappa shape index (κ2) is 14.2. The summed E-state index contributed by atoms with van der Waals surface area (Å²) in [6, 6.07) is 81.3. The van der Waals surface area contributed by atoms with Crippen LogP contribution < -0.4 is 9.64 Å². The highest BCUT2D eigenvalue weighted by Gasteiger charge is 2.53. The van der Waals surface area contributed by atoms with E-state index in [-0.39, 0.29) is 5.41 Å². The molecule has 0 N–H and O–H groups in total. The molecule has 1 aliphatic carbocycles. The molecule has 1 spiro atoms. The number of para-hydroxylation sites is 2. The Morgan fingerprint density at radius 3 is 1.78 bits per heavy atom. The minimum atomic E-state index is -0.621. The van der Waals surface area contributed by atoms with Crippen LogP contribution in [0.15, 0.2) is 229 Å². The van der Waals surface area contributed by atoms with Crippen molar-refractivity contribution in [2.24, 2.45) is 0 Å². The van der Waals surface area contributed by atoms with Crippen LogP contribution in [0.1, 0.15) is 47.2 Å². The summed E-state index contributed by atoms with van der Waals surface area (Å²) in [4.78, 5) is 2.33. The summed E-state index contributed by atoms with van der Waals surface area (Å²) in [5, 5.41) is 4.51. The first kappa shape index (κ1) is 37.4. The maximum absolute atomic E-state index is 6.98. The molecule has 0 radical (unpaired) electrons. The summed E-state index contributed by atoms with van der Waals surface area (Å²) in [6.45, 7) is 4.80. The highest BCUT2D eigenvalue weighted by molar-refractivity contribution is 6.06. The Morgan fingerprint density at radius 2 is 0.985 bits per heavy atom. The Morgan fingerprint density at radius 1 is 0.385 bits per heavy atom. The van der Waals surface area contributed by atoms with Crippen LogP contribution >= 0.6 is 0 Å². The highest BCUT2D eigenvalue weighted by Crippen LogP contribution is 2.63. The molecular weight excluding hydrogens is 791 g/mol. The van der Waals surface area contributed by atoms with Gasteiger partial charge in [-0.25, -0.2) is 0 Å².